The molecule has 0 bridgehead atoms. The highest BCUT2D eigenvalue weighted by molar-refractivity contribution is 5.91. The Morgan fingerprint density at radius 1 is 1.21 bits per heavy atom. The molecular weight excluding hydrogens is 250 g/mol. The summed E-state index contributed by atoms with van der Waals surface area (Å²) in [6, 6.07) is 2.83. The van der Waals surface area contributed by atoms with Crippen LogP contribution in [0.25, 0.3) is 0 Å². The second kappa shape index (κ2) is 6.84. The molecule has 1 N–H and O–H groups in total. The largest absolute Gasteiger partial charge is 0.502 e. The Balaban J connectivity index is 2.85. The van der Waals surface area contributed by atoms with Crippen molar-refractivity contribution in [3.05, 3.63) is 17.7 Å². The molecule has 0 radical (unpaired) electrons. The van der Waals surface area contributed by atoms with E-state index >= 15 is 0 Å². The van der Waals surface area contributed by atoms with Gasteiger partial charge in [-0.05, 0) is 26.2 Å². The number of methoxy groups -OCH3 is 2. The van der Waals surface area contributed by atoms with Gasteiger partial charge in [-0.1, -0.05) is 0 Å². The lowest BCUT2D eigenvalue weighted by Gasteiger charge is -2.12. The van der Waals surface area contributed by atoms with Crippen LogP contribution in [0.1, 0.15) is 10.4 Å². The highest BCUT2D eigenvalue weighted by Crippen LogP contribution is 2.37. The summed E-state index contributed by atoms with van der Waals surface area (Å²) in [5.74, 6) is -0.300. The summed E-state index contributed by atoms with van der Waals surface area (Å²) in [7, 11) is 6.58. The minimum atomic E-state index is -0.488. The lowest BCUT2D eigenvalue weighted by molar-refractivity contribution is 0.0481. The summed E-state index contributed by atoms with van der Waals surface area (Å²) in [5, 5.41) is 9.74. The molecule has 0 atom stereocenters. The normalized spacial score (nSPS) is 10.4. The van der Waals surface area contributed by atoms with Crippen molar-refractivity contribution in [1.29, 1.82) is 0 Å². The number of carbonyl (C=O) groups excluding carboxylic acids is 1. The molecule has 0 amide bonds. The van der Waals surface area contributed by atoms with E-state index in [0.717, 1.165) is 0 Å². The Labute approximate surface area is 112 Å². The molecule has 1 aromatic rings. The van der Waals surface area contributed by atoms with E-state index in [9.17, 15) is 9.90 Å². The van der Waals surface area contributed by atoms with Crippen molar-refractivity contribution < 1.29 is 24.1 Å². The van der Waals surface area contributed by atoms with Crippen LogP contribution in [0.15, 0.2) is 12.1 Å². The lowest BCUT2D eigenvalue weighted by Crippen LogP contribution is -2.20. The molecule has 0 aliphatic carbocycles. The monoisotopic (exact) mass is 269 g/mol. The van der Waals surface area contributed by atoms with Crippen molar-refractivity contribution in [2.24, 2.45) is 0 Å². The maximum absolute atomic E-state index is 11.8. The van der Waals surface area contributed by atoms with Crippen LogP contribution in [0, 0.1) is 0 Å². The second-order valence-electron chi connectivity index (χ2n) is 4.17. The molecule has 19 heavy (non-hydrogen) atoms. The molecule has 0 aromatic heterocycles. The molecule has 0 aliphatic rings. The maximum Gasteiger partial charge on any atom is 0.338 e. The first kappa shape index (κ1) is 15.1. The van der Waals surface area contributed by atoms with Crippen LogP contribution in [-0.2, 0) is 4.74 Å². The number of hydrogen-bond acceptors (Lipinski definition) is 6. The summed E-state index contributed by atoms with van der Waals surface area (Å²) in [6.07, 6.45) is 0. The lowest BCUT2D eigenvalue weighted by atomic mass is 10.2. The number of ether oxygens (including phenoxy) is 3. The standard InChI is InChI=1S/C13H19NO5/c1-14(2)5-6-19-13(16)9-7-10(17-3)12(15)11(8-9)18-4/h7-8,15H,5-6H2,1-4H3. The summed E-state index contributed by atoms with van der Waals surface area (Å²) < 4.78 is 15.1. The van der Waals surface area contributed by atoms with E-state index < -0.39 is 5.97 Å². The Hall–Kier alpha value is -1.95. The Morgan fingerprint density at radius 2 is 1.74 bits per heavy atom. The molecule has 6 nitrogen and oxygen atoms in total. The van der Waals surface area contributed by atoms with Gasteiger partial charge in [0.1, 0.15) is 6.61 Å². The summed E-state index contributed by atoms with van der Waals surface area (Å²) >= 11 is 0. The van der Waals surface area contributed by atoms with E-state index in [2.05, 4.69) is 0 Å². The average Bonchev–Trinajstić information content (AvgIpc) is 2.38. The number of rotatable bonds is 6. The molecule has 0 heterocycles. The van der Waals surface area contributed by atoms with E-state index in [1.807, 2.05) is 19.0 Å². The SMILES string of the molecule is COc1cc(C(=O)OCCN(C)C)cc(OC)c1O. The van der Waals surface area contributed by atoms with Crippen LogP contribution in [0.2, 0.25) is 0 Å². The van der Waals surface area contributed by atoms with Crippen LogP contribution in [-0.4, -0.2) is 57.4 Å². The van der Waals surface area contributed by atoms with E-state index in [0.29, 0.717) is 6.54 Å². The zero-order chi connectivity index (χ0) is 14.4. The first-order valence-electron chi connectivity index (χ1n) is 5.76. The van der Waals surface area contributed by atoms with E-state index in [1.165, 1.54) is 26.4 Å². The topological polar surface area (TPSA) is 68.2 Å². The number of carbonyl (C=O) groups is 1. The van der Waals surface area contributed by atoms with Crippen molar-refractivity contribution in [1.82, 2.24) is 4.90 Å². The Morgan fingerprint density at radius 3 is 2.16 bits per heavy atom. The zero-order valence-corrected chi connectivity index (χ0v) is 11.6. The van der Waals surface area contributed by atoms with Gasteiger partial charge >= 0.3 is 5.97 Å². The predicted molar refractivity (Wildman–Crippen MR) is 70.0 cm³/mol. The van der Waals surface area contributed by atoms with Crippen LogP contribution >= 0.6 is 0 Å². The number of benzene rings is 1. The van der Waals surface area contributed by atoms with Crippen LogP contribution in [0.3, 0.4) is 0 Å². The van der Waals surface area contributed by atoms with E-state index in [-0.39, 0.29) is 29.4 Å². The van der Waals surface area contributed by atoms with Crippen molar-refractivity contribution in [3.63, 3.8) is 0 Å². The highest BCUT2D eigenvalue weighted by atomic mass is 16.5. The Bertz CT molecular complexity index is 420. The van der Waals surface area contributed by atoms with Gasteiger partial charge < -0.3 is 24.2 Å². The van der Waals surface area contributed by atoms with Gasteiger partial charge in [0.25, 0.3) is 0 Å². The molecule has 1 aromatic carbocycles. The first-order chi connectivity index (χ1) is 8.99. The molecule has 0 saturated heterocycles. The number of hydrogen-bond donors (Lipinski definition) is 1. The van der Waals surface area contributed by atoms with E-state index in [1.54, 1.807) is 0 Å². The van der Waals surface area contributed by atoms with Gasteiger partial charge in [-0.15, -0.1) is 0 Å². The maximum atomic E-state index is 11.8. The van der Waals surface area contributed by atoms with Gasteiger partial charge in [0.05, 0.1) is 19.8 Å². The quantitative estimate of drug-likeness (QED) is 0.781. The molecule has 1 rings (SSSR count). The minimum absolute atomic E-state index is 0.144. The first-order valence-corrected chi connectivity index (χ1v) is 5.76. The number of phenolic OH excluding ortho intramolecular Hbond substituents is 1. The molecule has 0 aliphatic heterocycles. The van der Waals surface area contributed by atoms with Crippen molar-refractivity contribution in [2.75, 3.05) is 41.5 Å². The molecule has 6 heteroatoms. The van der Waals surface area contributed by atoms with Crippen molar-refractivity contribution in [3.8, 4) is 17.2 Å². The minimum Gasteiger partial charge on any atom is -0.502 e. The predicted octanol–water partition coefficient (Wildman–Crippen LogP) is 1.13. The second-order valence-corrected chi connectivity index (χ2v) is 4.17. The number of esters is 1. The molecule has 0 spiro atoms. The summed E-state index contributed by atoms with van der Waals surface area (Å²) in [5.41, 5.74) is 0.269. The number of likely N-dealkylation sites (N-methyl/N-ethyl adjacent to an activating group) is 1. The fourth-order valence-corrected chi connectivity index (χ4v) is 1.42. The third-order valence-electron chi connectivity index (χ3n) is 2.49. The highest BCUT2D eigenvalue weighted by Gasteiger charge is 2.16. The van der Waals surface area contributed by atoms with Gasteiger partial charge in [-0.25, -0.2) is 4.79 Å². The van der Waals surface area contributed by atoms with Gasteiger partial charge in [-0.2, -0.15) is 0 Å². The molecule has 106 valence electrons. The molecule has 0 saturated carbocycles. The van der Waals surface area contributed by atoms with Gasteiger partial charge in [0.2, 0.25) is 5.75 Å². The van der Waals surface area contributed by atoms with Crippen molar-refractivity contribution >= 4 is 5.97 Å². The fraction of sp³-hybridized carbons (Fsp3) is 0.462. The molecule has 0 unspecified atom stereocenters. The van der Waals surface area contributed by atoms with Crippen LogP contribution < -0.4 is 9.47 Å². The molecular formula is C13H19NO5. The number of nitrogens with zero attached hydrogens (tertiary/aromatic N) is 1. The fourth-order valence-electron chi connectivity index (χ4n) is 1.42. The van der Waals surface area contributed by atoms with E-state index in [4.69, 9.17) is 14.2 Å². The van der Waals surface area contributed by atoms with Crippen molar-refractivity contribution in [2.45, 2.75) is 0 Å². The number of aromatic hydroxyl groups is 1. The third kappa shape index (κ3) is 4.03. The summed E-state index contributed by atoms with van der Waals surface area (Å²) in [6.45, 7) is 0.926. The Kier molecular flexibility index (Phi) is 5.44. The average molecular weight is 269 g/mol. The smallest absolute Gasteiger partial charge is 0.338 e. The van der Waals surface area contributed by atoms with Gasteiger partial charge in [0, 0.05) is 6.54 Å². The van der Waals surface area contributed by atoms with Crippen LogP contribution in [0.5, 0.6) is 17.2 Å². The summed E-state index contributed by atoms with van der Waals surface area (Å²) in [4.78, 5) is 13.7. The van der Waals surface area contributed by atoms with Gasteiger partial charge in [-0.3, -0.25) is 0 Å². The number of phenols is 1. The zero-order valence-electron chi connectivity index (χ0n) is 11.6. The van der Waals surface area contributed by atoms with Gasteiger partial charge in [0.15, 0.2) is 11.5 Å². The third-order valence-corrected chi connectivity index (χ3v) is 2.49. The van der Waals surface area contributed by atoms with Crippen LogP contribution in [0.4, 0.5) is 0 Å². The molecule has 0 fully saturated rings.